The molecule has 0 amide bonds. The molecule has 122 valence electrons. The summed E-state index contributed by atoms with van der Waals surface area (Å²) in [7, 11) is 0. The molecule has 0 spiro atoms. The van der Waals surface area contributed by atoms with Crippen molar-refractivity contribution in [2.75, 3.05) is 6.54 Å². The molecule has 0 saturated carbocycles. The zero-order valence-corrected chi connectivity index (χ0v) is 13.8. The minimum atomic E-state index is 0.374. The lowest BCUT2D eigenvalue weighted by molar-refractivity contribution is 0.233. The molecule has 0 unspecified atom stereocenters. The lowest BCUT2D eigenvalue weighted by Gasteiger charge is -2.13. The topological polar surface area (TPSA) is 66.7 Å². The summed E-state index contributed by atoms with van der Waals surface area (Å²) >= 11 is 0. The van der Waals surface area contributed by atoms with Gasteiger partial charge in [0.1, 0.15) is 6.61 Å². The third-order valence-electron chi connectivity index (χ3n) is 3.48. The molecule has 0 fully saturated rings. The second-order valence-electron chi connectivity index (χ2n) is 5.36. The van der Waals surface area contributed by atoms with E-state index in [9.17, 15) is 5.21 Å². The van der Waals surface area contributed by atoms with Gasteiger partial charge in [0.2, 0.25) is 5.88 Å². The van der Waals surface area contributed by atoms with Crippen LogP contribution in [0.1, 0.15) is 35.7 Å². The summed E-state index contributed by atoms with van der Waals surface area (Å²) < 4.78 is 5.90. The number of nitrogens with one attached hydrogen (secondary N) is 1. The van der Waals surface area contributed by atoms with Crippen molar-refractivity contribution in [1.29, 1.82) is 0 Å². The number of nitrogens with zero attached hydrogens (tertiary/aromatic N) is 2. The summed E-state index contributed by atoms with van der Waals surface area (Å²) in [6, 6.07) is 11.8. The second-order valence-corrected chi connectivity index (χ2v) is 5.36. The molecule has 23 heavy (non-hydrogen) atoms. The van der Waals surface area contributed by atoms with E-state index >= 15 is 0 Å². The maximum Gasteiger partial charge on any atom is 0.225 e. The van der Waals surface area contributed by atoms with Gasteiger partial charge in [-0.25, -0.2) is 4.98 Å². The number of aliphatic imine (C=N–C) groups is 1. The molecule has 2 N–H and O–H groups in total. The molecule has 2 rings (SSSR count). The number of hydrogen-bond donors (Lipinski definition) is 2. The third-order valence-corrected chi connectivity index (χ3v) is 3.48. The standard InChI is InChI=1S/C18H23N3O2/c1-4-11-19-17(21-22)16-10-9-14(3)20-18(16)23-12-15-8-6-5-7-13(15)2/h5-10,22H,4,11-12H2,1-3H3,(H,19,21). The molecular weight excluding hydrogens is 290 g/mol. The summed E-state index contributed by atoms with van der Waals surface area (Å²) in [5.74, 6) is 0.837. The highest BCUT2D eigenvalue weighted by Gasteiger charge is 2.13. The van der Waals surface area contributed by atoms with Crippen molar-refractivity contribution in [2.45, 2.75) is 33.8 Å². The zero-order chi connectivity index (χ0) is 16.7. The van der Waals surface area contributed by atoms with Crippen LogP contribution in [0.3, 0.4) is 0 Å². The number of rotatable bonds is 6. The molecule has 0 atom stereocenters. The zero-order valence-electron chi connectivity index (χ0n) is 13.8. The van der Waals surface area contributed by atoms with Gasteiger partial charge in [-0.05, 0) is 43.5 Å². The van der Waals surface area contributed by atoms with Crippen LogP contribution in [-0.2, 0) is 6.61 Å². The van der Waals surface area contributed by atoms with Crippen molar-refractivity contribution < 1.29 is 9.94 Å². The van der Waals surface area contributed by atoms with E-state index in [2.05, 4.69) is 15.5 Å². The first-order chi connectivity index (χ1) is 11.2. The quantitative estimate of drug-likeness (QED) is 0.487. The van der Waals surface area contributed by atoms with Gasteiger partial charge in [-0.15, -0.1) is 0 Å². The van der Waals surface area contributed by atoms with Gasteiger partial charge in [0, 0.05) is 12.2 Å². The van der Waals surface area contributed by atoms with E-state index < -0.39 is 0 Å². The van der Waals surface area contributed by atoms with Crippen molar-refractivity contribution in [3.63, 3.8) is 0 Å². The summed E-state index contributed by atoms with van der Waals surface area (Å²) in [5, 5.41) is 9.37. The van der Waals surface area contributed by atoms with Crippen molar-refractivity contribution in [3.8, 4) is 5.88 Å². The van der Waals surface area contributed by atoms with Gasteiger partial charge in [0.25, 0.3) is 0 Å². The number of hydrogen-bond acceptors (Lipinski definition) is 4. The molecule has 2 aromatic rings. The predicted molar refractivity (Wildman–Crippen MR) is 91.1 cm³/mol. The Morgan fingerprint density at radius 2 is 2.00 bits per heavy atom. The number of benzene rings is 1. The van der Waals surface area contributed by atoms with Gasteiger partial charge in [-0.1, -0.05) is 31.2 Å². The summed E-state index contributed by atoms with van der Waals surface area (Å²) in [4.78, 5) is 8.77. The Hall–Kier alpha value is -2.40. The van der Waals surface area contributed by atoms with E-state index in [0.717, 1.165) is 17.7 Å². The Bertz CT molecular complexity index is 684. The molecule has 0 aliphatic carbocycles. The van der Waals surface area contributed by atoms with E-state index in [1.54, 1.807) is 0 Å². The number of pyridine rings is 1. The summed E-state index contributed by atoms with van der Waals surface area (Å²) in [5.41, 5.74) is 5.92. The minimum absolute atomic E-state index is 0.374. The van der Waals surface area contributed by atoms with Gasteiger partial charge in [-0.3, -0.25) is 15.7 Å². The maximum atomic E-state index is 9.37. The molecule has 1 heterocycles. The fraction of sp³-hybridized carbons (Fsp3) is 0.333. The lowest BCUT2D eigenvalue weighted by atomic mass is 10.1. The van der Waals surface area contributed by atoms with Crippen LogP contribution in [-0.4, -0.2) is 22.6 Å². The largest absolute Gasteiger partial charge is 0.472 e. The first-order valence-corrected chi connectivity index (χ1v) is 7.75. The van der Waals surface area contributed by atoms with Crippen molar-refractivity contribution in [2.24, 2.45) is 4.99 Å². The van der Waals surface area contributed by atoms with Crippen LogP contribution in [0.2, 0.25) is 0 Å². The van der Waals surface area contributed by atoms with Gasteiger partial charge >= 0.3 is 0 Å². The van der Waals surface area contributed by atoms with Crippen molar-refractivity contribution in [3.05, 3.63) is 58.8 Å². The molecule has 0 aliphatic heterocycles. The second kappa shape index (κ2) is 8.29. The number of amidine groups is 1. The number of hydroxylamine groups is 1. The first kappa shape index (κ1) is 17.0. The fourth-order valence-corrected chi connectivity index (χ4v) is 2.15. The van der Waals surface area contributed by atoms with E-state index in [1.165, 1.54) is 5.56 Å². The van der Waals surface area contributed by atoms with Crippen LogP contribution in [0.15, 0.2) is 41.4 Å². The fourth-order valence-electron chi connectivity index (χ4n) is 2.15. The predicted octanol–water partition coefficient (Wildman–Crippen LogP) is 3.41. The molecule has 0 radical (unpaired) electrons. The average Bonchev–Trinajstić information content (AvgIpc) is 2.56. The Morgan fingerprint density at radius 1 is 1.22 bits per heavy atom. The molecule has 1 aromatic carbocycles. The highest BCUT2D eigenvalue weighted by molar-refractivity contribution is 6.00. The van der Waals surface area contributed by atoms with Crippen LogP contribution in [0.25, 0.3) is 0 Å². The Kier molecular flexibility index (Phi) is 6.11. The van der Waals surface area contributed by atoms with Gasteiger partial charge in [0.05, 0.1) is 5.56 Å². The maximum absolute atomic E-state index is 9.37. The average molecular weight is 313 g/mol. The van der Waals surface area contributed by atoms with Crippen LogP contribution >= 0.6 is 0 Å². The smallest absolute Gasteiger partial charge is 0.225 e. The molecule has 0 aliphatic rings. The molecule has 1 aromatic heterocycles. The normalized spacial score (nSPS) is 11.4. The first-order valence-electron chi connectivity index (χ1n) is 7.75. The molecule has 5 heteroatoms. The monoisotopic (exact) mass is 313 g/mol. The van der Waals surface area contributed by atoms with Crippen LogP contribution in [0, 0.1) is 13.8 Å². The van der Waals surface area contributed by atoms with Crippen LogP contribution in [0.4, 0.5) is 0 Å². The molecular formula is C18H23N3O2. The Balaban J connectivity index is 2.26. The van der Waals surface area contributed by atoms with Crippen LogP contribution in [0.5, 0.6) is 5.88 Å². The Labute approximate surface area is 137 Å². The van der Waals surface area contributed by atoms with Crippen molar-refractivity contribution >= 4 is 5.84 Å². The van der Waals surface area contributed by atoms with E-state index in [-0.39, 0.29) is 0 Å². The molecule has 0 saturated heterocycles. The minimum Gasteiger partial charge on any atom is -0.472 e. The van der Waals surface area contributed by atoms with E-state index in [4.69, 9.17) is 4.74 Å². The Morgan fingerprint density at radius 3 is 2.70 bits per heavy atom. The summed E-state index contributed by atoms with van der Waals surface area (Å²) in [6.45, 7) is 7.02. The molecule has 0 bridgehead atoms. The number of aromatic nitrogens is 1. The van der Waals surface area contributed by atoms with Gasteiger partial charge in [-0.2, -0.15) is 0 Å². The van der Waals surface area contributed by atoms with E-state index in [1.807, 2.05) is 57.2 Å². The van der Waals surface area contributed by atoms with E-state index in [0.29, 0.717) is 30.4 Å². The number of aryl methyl sites for hydroxylation is 2. The number of ether oxygens (including phenoxy) is 1. The van der Waals surface area contributed by atoms with Crippen LogP contribution < -0.4 is 10.2 Å². The van der Waals surface area contributed by atoms with Gasteiger partial charge in [0.15, 0.2) is 5.84 Å². The summed E-state index contributed by atoms with van der Waals surface area (Å²) in [6.07, 6.45) is 0.893. The van der Waals surface area contributed by atoms with Crippen molar-refractivity contribution in [1.82, 2.24) is 10.5 Å². The highest BCUT2D eigenvalue weighted by Crippen LogP contribution is 2.19. The third kappa shape index (κ3) is 4.53. The molecule has 5 nitrogen and oxygen atoms in total. The lowest BCUT2D eigenvalue weighted by Crippen LogP contribution is -2.22. The highest BCUT2D eigenvalue weighted by atomic mass is 16.5. The van der Waals surface area contributed by atoms with Gasteiger partial charge < -0.3 is 4.74 Å². The SMILES string of the molecule is CCCN=C(NO)c1ccc(C)nc1OCc1ccccc1C.